The second-order valence-corrected chi connectivity index (χ2v) is 10.7. The number of ether oxygens (including phenoxy) is 1. The molecule has 0 unspecified atom stereocenters. The molecule has 0 saturated heterocycles. The fourth-order valence-corrected chi connectivity index (χ4v) is 6.30. The summed E-state index contributed by atoms with van der Waals surface area (Å²) < 4.78 is 34.0. The van der Waals surface area contributed by atoms with Crippen LogP contribution >= 0.6 is 22.7 Å². The third-order valence-corrected chi connectivity index (χ3v) is 8.52. The van der Waals surface area contributed by atoms with E-state index in [-0.39, 0.29) is 10.8 Å². The molecule has 4 aromatic rings. The Hall–Kier alpha value is -3.21. The van der Waals surface area contributed by atoms with E-state index in [0.717, 1.165) is 9.88 Å². The number of thiophene rings is 1. The van der Waals surface area contributed by atoms with E-state index >= 15 is 0 Å². The fraction of sp³-hybridized carbons (Fsp3) is 0.130. The number of thiazole rings is 1. The second-order valence-electron chi connectivity index (χ2n) is 7.15. The predicted octanol–water partition coefficient (Wildman–Crippen LogP) is 5.55. The number of carbonyl (C=O) groups is 1. The van der Waals surface area contributed by atoms with Crippen LogP contribution in [0, 0.1) is 13.8 Å². The van der Waals surface area contributed by atoms with Gasteiger partial charge in [-0.3, -0.25) is 9.52 Å². The molecule has 7 nitrogen and oxygen atoms in total. The molecule has 4 rings (SSSR count). The molecule has 0 atom stereocenters. The minimum atomic E-state index is -3.92. The van der Waals surface area contributed by atoms with Crippen molar-refractivity contribution in [3.05, 3.63) is 76.1 Å². The Morgan fingerprint density at radius 3 is 2.58 bits per heavy atom. The highest BCUT2D eigenvalue weighted by molar-refractivity contribution is 7.92. The zero-order valence-corrected chi connectivity index (χ0v) is 20.5. The molecule has 0 fully saturated rings. The molecular formula is C23H21N3O4S3. The van der Waals surface area contributed by atoms with Gasteiger partial charge in [-0.05, 0) is 55.1 Å². The molecule has 2 aromatic heterocycles. The van der Waals surface area contributed by atoms with E-state index < -0.39 is 10.0 Å². The van der Waals surface area contributed by atoms with Crippen LogP contribution in [0.4, 0.5) is 11.4 Å². The number of nitrogens with one attached hydrogen (secondary N) is 2. The summed E-state index contributed by atoms with van der Waals surface area (Å²) in [6, 6.07) is 15.4. The highest BCUT2D eigenvalue weighted by Crippen LogP contribution is 2.32. The maximum absolute atomic E-state index is 13.1. The summed E-state index contributed by atoms with van der Waals surface area (Å²) in [6.45, 7) is 3.48. The average Bonchev–Trinajstić information content (AvgIpc) is 3.45. The number of sulfonamides is 1. The van der Waals surface area contributed by atoms with Gasteiger partial charge in [0.1, 0.15) is 15.6 Å². The molecule has 0 aliphatic rings. The van der Waals surface area contributed by atoms with Crippen LogP contribution in [0.5, 0.6) is 5.75 Å². The first-order chi connectivity index (χ1) is 15.8. The summed E-state index contributed by atoms with van der Waals surface area (Å²) in [5, 5.41) is 5.54. The predicted molar refractivity (Wildman–Crippen MR) is 133 cm³/mol. The molecule has 170 valence electrons. The van der Waals surface area contributed by atoms with Gasteiger partial charge in [-0.1, -0.05) is 24.3 Å². The van der Waals surface area contributed by atoms with Crippen LogP contribution in [0.15, 0.2) is 64.9 Å². The van der Waals surface area contributed by atoms with Gasteiger partial charge in [0.2, 0.25) is 0 Å². The van der Waals surface area contributed by atoms with Crippen molar-refractivity contribution < 1.29 is 17.9 Å². The number of para-hydroxylation sites is 2. The van der Waals surface area contributed by atoms with E-state index in [1.165, 1.54) is 24.5 Å². The molecule has 0 saturated carbocycles. The summed E-state index contributed by atoms with van der Waals surface area (Å²) in [6.07, 6.45) is 0. The molecule has 0 spiro atoms. The SMILES string of the molecule is COc1ccccc1NS(=O)(=O)c1cc(NC(=O)c2sc(-c3cccs3)nc2C)ccc1C. The summed E-state index contributed by atoms with van der Waals surface area (Å²) >= 11 is 2.86. The molecule has 2 aromatic carbocycles. The number of anilines is 2. The van der Waals surface area contributed by atoms with E-state index in [2.05, 4.69) is 15.0 Å². The molecule has 0 bridgehead atoms. The molecule has 0 aliphatic heterocycles. The molecule has 0 aliphatic carbocycles. The average molecular weight is 500 g/mol. The molecule has 33 heavy (non-hydrogen) atoms. The van der Waals surface area contributed by atoms with Gasteiger partial charge in [-0.15, -0.1) is 22.7 Å². The van der Waals surface area contributed by atoms with Crippen LogP contribution in [0.25, 0.3) is 9.88 Å². The van der Waals surface area contributed by atoms with E-state index in [1.54, 1.807) is 61.6 Å². The quantitative estimate of drug-likeness (QED) is 0.347. The summed E-state index contributed by atoms with van der Waals surface area (Å²) in [5.41, 5.74) is 1.87. The Balaban J connectivity index is 1.59. The van der Waals surface area contributed by atoms with E-state index in [4.69, 9.17) is 4.74 Å². The van der Waals surface area contributed by atoms with Crippen LogP contribution < -0.4 is 14.8 Å². The minimum absolute atomic E-state index is 0.0616. The van der Waals surface area contributed by atoms with Crippen LogP contribution in [0.3, 0.4) is 0 Å². The second kappa shape index (κ2) is 9.34. The highest BCUT2D eigenvalue weighted by atomic mass is 32.2. The third kappa shape index (κ3) is 4.92. The molecule has 1 amide bonds. The van der Waals surface area contributed by atoms with Gasteiger partial charge < -0.3 is 10.1 Å². The molecular weight excluding hydrogens is 478 g/mol. The standard InChI is InChI=1S/C23H21N3O4S3/c1-14-10-11-16(13-20(14)33(28,29)26-17-7-4-5-8-18(17)30-3)25-22(27)21-15(2)24-23(32-21)19-9-6-12-31-19/h4-13,26H,1-3H3,(H,25,27). The van der Waals surface area contributed by atoms with Crippen molar-refractivity contribution in [2.45, 2.75) is 18.7 Å². The third-order valence-electron chi connectivity index (χ3n) is 4.82. The number of amides is 1. The van der Waals surface area contributed by atoms with Crippen molar-refractivity contribution in [1.82, 2.24) is 4.98 Å². The van der Waals surface area contributed by atoms with Gasteiger partial charge in [0, 0.05) is 5.69 Å². The summed E-state index contributed by atoms with van der Waals surface area (Å²) in [7, 11) is -2.45. The number of methoxy groups -OCH3 is 1. The Morgan fingerprint density at radius 1 is 1.06 bits per heavy atom. The maximum Gasteiger partial charge on any atom is 0.267 e. The van der Waals surface area contributed by atoms with E-state index in [9.17, 15) is 13.2 Å². The lowest BCUT2D eigenvalue weighted by Crippen LogP contribution is -2.16. The number of rotatable bonds is 7. The number of aromatic nitrogens is 1. The Labute approximate surface area is 200 Å². The highest BCUT2D eigenvalue weighted by Gasteiger charge is 2.21. The van der Waals surface area contributed by atoms with Gasteiger partial charge in [-0.25, -0.2) is 13.4 Å². The minimum Gasteiger partial charge on any atom is -0.495 e. The number of hydrogen-bond acceptors (Lipinski definition) is 7. The number of hydrogen-bond donors (Lipinski definition) is 2. The lowest BCUT2D eigenvalue weighted by molar-refractivity contribution is 0.102. The number of benzene rings is 2. The van der Waals surface area contributed by atoms with E-state index in [1.807, 2.05) is 17.5 Å². The van der Waals surface area contributed by atoms with Crippen molar-refractivity contribution in [3.63, 3.8) is 0 Å². The smallest absolute Gasteiger partial charge is 0.267 e. The van der Waals surface area contributed by atoms with Gasteiger partial charge in [0.25, 0.3) is 15.9 Å². The molecule has 0 radical (unpaired) electrons. The summed E-state index contributed by atoms with van der Waals surface area (Å²) in [5.74, 6) is 0.0723. The first-order valence-electron chi connectivity index (χ1n) is 9.87. The monoisotopic (exact) mass is 499 g/mol. The Kier molecular flexibility index (Phi) is 6.50. The van der Waals surface area contributed by atoms with Crippen molar-refractivity contribution in [2.24, 2.45) is 0 Å². The molecule has 2 heterocycles. The Bertz CT molecular complexity index is 1410. The zero-order chi connectivity index (χ0) is 23.6. The topological polar surface area (TPSA) is 97.4 Å². The number of aryl methyl sites for hydroxylation is 2. The molecule has 2 N–H and O–H groups in total. The molecule has 10 heteroatoms. The largest absolute Gasteiger partial charge is 0.495 e. The van der Waals surface area contributed by atoms with Crippen LogP contribution in [0.2, 0.25) is 0 Å². The normalized spacial score (nSPS) is 11.2. The fourth-order valence-electron chi connectivity index (χ4n) is 3.20. The first kappa shape index (κ1) is 23.0. The first-order valence-corrected chi connectivity index (χ1v) is 13.1. The van der Waals surface area contributed by atoms with Crippen LogP contribution in [0.1, 0.15) is 20.9 Å². The van der Waals surface area contributed by atoms with Crippen LogP contribution in [-0.4, -0.2) is 26.4 Å². The van der Waals surface area contributed by atoms with Gasteiger partial charge in [0.15, 0.2) is 0 Å². The van der Waals surface area contributed by atoms with Crippen molar-refractivity contribution >= 4 is 50.0 Å². The lowest BCUT2D eigenvalue weighted by atomic mass is 10.2. The van der Waals surface area contributed by atoms with Gasteiger partial charge in [0.05, 0.1) is 28.3 Å². The number of carbonyl (C=O) groups excluding carboxylic acids is 1. The lowest BCUT2D eigenvalue weighted by Gasteiger charge is -2.14. The maximum atomic E-state index is 13.1. The van der Waals surface area contributed by atoms with E-state index in [0.29, 0.717) is 33.3 Å². The van der Waals surface area contributed by atoms with Crippen molar-refractivity contribution in [1.29, 1.82) is 0 Å². The zero-order valence-electron chi connectivity index (χ0n) is 18.1. The summed E-state index contributed by atoms with van der Waals surface area (Å²) in [4.78, 5) is 19.0. The number of nitrogens with zero attached hydrogens (tertiary/aromatic N) is 1. The van der Waals surface area contributed by atoms with Crippen LogP contribution in [-0.2, 0) is 10.0 Å². The van der Waals surface area contributed by atoms with Gasteiger partial charge in [-0.2, -0.15) is 0 Å². The van der Waals surface area contributed by atoms with Gasteiger partial charge >= 0.3 is 0 Å². The van der Waals surface area contributed by atoms with Crippen molar-refractivity contribution in [3.8, 4) is 15.6 Å². The van der Waals surface area contributed by atoms with Crippen molar-refractivity contribution in [2.75, 3.05) is 17.1 Å². The Morgan fingerprint density at radius 2 is 1.85 bits per heavy atom.